The summed E-state index contributed by atoms with van der Waals surface area (Å²) in [6, 6.07) is 0. The van der Waals surface area contributed by atoms with E-state index >= 15 is 0 Å². The van der Waals surface area contributed by atoms with E-state index in [4.69, 9.17) is 4.74 Å². The number of ether oxygens (including phenoxy) is 1. The van der Waals surface area contributed by atoms with Crippen LogP contribution in [0.3, 0.4) is 0 Å². The monoisotopic (exact) mass is 166 g/mol. The van der Waals surface area contributed by atoms with E-state index in [1.165, 1.54) is 32.8 Å². The topological polar surface area (TPSA) is 26.3 Å². The molecule has 2 aliphatic rings. The summed E-state index contributed by atoms with van der Waals surface area (Å²) in [6.45, 7) is 0. The van der Waals surface area contributed by atoms with Crippen molar-refractivity contribution in [1.29, 1.82) is 0 Å². The average Bonchev–Trinajstić information content (AvgIpc) is 2.07. The Kier molecular flexibility index (Phi) is 1.91. The molecule has 0 radical (unpaired) electrons. The number of fused-ring (bicyclic) bond motifs is 1. The van der Waals surface area contributed by atoms with Crippen molar-refractivity contribution in [2.45, 2.75) is 25.7 Å². The molecule has 0 spiro atoms. The van der Waals surface area contributed by atoms with Gasteiger partial charge in [0.05, 0.1) is 7.11 Å². The molecule has 0 aromatic rings. The van der Waals surface area contributed by atoms with Gasteiger partial charge in [-0.3, -0.25) is 0 Å². The third-order valence-electron chi connectivity index (χ3n) is 3.03. The number of rotatable bonds is 1. The highest BCUT2D eigenvalue weighted by Gasteiger charge is 2.38. The highest BCUT2D eigenvalue weighted by atomic mass is 16.5. The quantitative estimate of drug-likeness (QED) is 0.556. The van der Waals surface area contributed by atoms with Crippen molar-refractivity contribution < 1.29 is 9.53 Å². The number of carbonyl (C=O) groups is 1. The van der Waals surface area contributed by atoms with Crippen LogP contribution in [0.25, 0.3) is 0 Å². The van der Waals surface area contributed by atoms with Crippen molar-refractivity contribution in [1.82, 2.24) is 0 Å². The molecule has 0 aromatic carbocycles. The molecule has 0 heterocycles. The maximum absolute atomic E-state index is 11.2. The molecule has 2 heteroatoms. The van der Waals surface area contributed by atoms with Crippen LogP contribution in [0.4, 0.5) is 0 Å². The minimum atomic E-state index is -0.113. The summed E-state index contributed by atoms with van der Waals surface area (Å²) in [5.74, 6) is 1.11. The molecule has 2 atom stereocenters. The van der Waals surface area contributed by atoms with Crippen molar-refractivity contribution >= 4 is 5.97 Å². The zero-order valence-corrected chi connectivity index (χ0v) is 7.38. The second kappa shape index (κ2) is 2.92. The van der Waals surface area contributed by atoms with E-state index in [0.29, 0.717) is 11.8 Å². The molecule has 2 rings (SSSR count). The van der Waals surface area contributed by atoms with Crippen molar-refractivity contribution in [2.24, 2.45) is 11.8 Å². The fourth-order valence-corrected chi connectivity index (χ4v) is 2.32. The Bertz CT molecular complexity index is 230. The number of methoxy groups -OCH3 is 1. The van der Waals surface area contributed by atoms with Crippen LogP contribution >= 0.6 is 0 Å². The lowest BCUT2D eigenvalue weighted by atomic mass is 9.66. The van der Waals surface area contributed by atoms with Crippen LogP contribution < -0.4 is 0 Å². The maximum Gasteiger partial charge on any atom is 0.333 e. The van der Waals surface area contributed by atoms with Gasteiger partial charge in [0.25, 0.3) is 0 Å². The number of allylic oxidation sites excluding steroid dienone is 1. The van der Waals surface area contributed by atoms with Gasteiger partial charge in [-0.1, -0.05) is 18.9 Å². The normalized spacial score (nSPS) is 32.9. The Morgan fingerprint density at radius 3 is 2.92 bits per heavy atom. The lowest BCUT2D eigenvalue weighted by Crippen LogP contribution is -2.32. The van der Waals surface area contributed by atoms with Gasteiger partial charge < -0.3 is 4.74 Å². The van der Waals surface area contributed by atoms with Gasteiger partial charge in [-0.25, -0.2) is 4.79 Å². The number of hydrogen-bond acceptors (Lipinski definition) is 2. The maximum atomic E-state index is 11.2. The van der Waals surface area contributed by atoms with E-state index < -0.39 is 0 Å². The fourth-order valence-electron chi connectivity index (χ4n) is 2.32. The molecule has 1 saturated carbocycles. The van der Waals surface area contributed by atoms with E-state index in [1.54, 1.807) is 0 Å². The molecule has 1 fully saturated rings. The Morgan fingerprint density at radius 1 is 1.50 bits per heavy atom. The van der Waals surface area contributed by atoms with Gasteiger partial charge >= 0.3 is 5.97 Å². The molecule has 12 heavy (non-hydrogen) atoms. The first-order valence-corrected chi connectivity index (χ1v) is 4.63. The standard InChI is InChI=1S/C10H14O2/c1-12-10(11)9-6-7-4-2-3-5-8(7)9/h6-8H,2-5H2,1H3/t7-,8-/m1/s1. The minimum absolute atomic E-state index is 0.113. The lowest BCUT2D eigenvalue weighted by molar-refractivity contribution is -0.137. The van der Waals surface area contributed by atoms with E-state index in [2.05, 4.69) is 6.08 Å². The molecule has 0 unspecified atom stereocenters. The molecule has 0 amide bonds. The highest BCUT2D eigenvalue weighted by Crippen LogP contribution is 2.44. The smallest absolute Gasteiger partial charge is 0.333 e. The first kappa shape index (κ1) is 7.84. The molecule has 66 valence electrons. The van der Waals surface area contributed by atoms with Gasteiger partial charge in [-0.05, 0) is 24.7 Å². The SMILES string of the molecule is COC(=O)C1=C[C@H]2CCCC[C@@H]12. The number of esters is 1. The average molecular weight is 166 g/mol. The molecule has 0 N–H and O–H groups in total. The zero-order valence-electron chi connectivity index (χ0n) is 7.38. The third kappa shape index (κ3) is 1.06. The van der Waals surface area contributed by atoms with Crippen LogP contribution in [0.5, 0.6) is 0 Å². The summed E-state index contributed by atoms with van der Waals surface area (Å²) >= 11 is 0. The van der Waals surface area contributed by atoms with Crippen molar-refractivity contribution in [3.63, 3.8) is 0 Å². The Hall–Kier alpha value is -0.790. The molecule has 0 aliphatic heterocycles. The van der Waals surface area contributed by atoms with Crippen LogP contribution in [-0.4, -0.2) is 13.1 Å². The van der Waals surface area contributed by atoms with E-state index in [9.17, 15) is 4.79 Å². The molecular weight excluding hydrogens is 152 g/mol. The van der Waals surface area contributed by atoms with Gasteiger partial charge in [0, 0.05) is 5.57 Å². The van der Waals surface area contributed by atoms with Gasteiger partial charge in [-0.15, -0.1) is 0 Å². The van der Waals surface area contributed by atoms with Gasteiger partial charge in [0.15, 0.2) is 0 Å². The molecule has 0 aromatic heterocycles. The van der Waals surface area contributed by atoms with Crippen LogP contribution in [0.2, 0.25) is 0 Å². The lowest BCUT2D eigenvalue weighted by Gasteiger charge is -2.38. The first-order valence-electron chi connectivity index (χ1n) is 4.63. The highest BCUT2D eigenvalue weighted by molar-refractivity contribution is 5.90. The molecule has 0 saturated heterocycles. The van der Waals surface area contributed by atoms with Crippen LogP contribution in [-0.2, 0) is 9.53 Å². The number of carbonyl (C=O) groups excluding carboxylic acids is 1. The molecule has 2 aliphatic carbocycles. The molecule has 2 nitrogen and oxygen atoms in total. The molecule has 0 bridgehead atoms. The Balaban J connectivity index is 2.06. The summed E-state index contributed by atoms with van der Waals surface area (Å²) in [7, 11) is 1.46. The largest absolute Gasteiger partial charge is 0.466 e. The Morgan fingerprint density at radius 2 is 2.25 bits per heavy atom. The van der Waals surface area contributed by atoms with Crippen molar-refractivity contribution in [2.75, 3.05) is 7.11 Å². The van der Waals surface area contributed by atoms with Gasteiger partial charge in [-0.2, -0.15) is 0 Å². The van der Waals surface area contributed by atoms with Crippen LogP contribution in [0, 0.1) is 11.8 Å². The summed E-state index contributed by atoms with van der Waals surface area (Å²) in [5.41, 5.74) is 0.933. The predicted octanol–water partition coefficient (Wildman–Crippen LogP) is 1.91. The number of hydrogen-bond donors (Lipinski definition) is 0. The van der Waals surface area contributed by atoms with Crippen molar-refractivity contribution in [3.05, 3.63) is 11.6 Å². The zero-order chi connectivity index (χ0) is 8.55. The summed E-state index contributed by atoms with van der Waals surface area (Å²) < 4.78 is 4.70. The Labute approximate surface area is 72.6 Å². The van der Waals surface area contributed by atoms with Crippen molar-refractivity contribution in [3.8, 4) is 0 Å². The second-order valence-electron chi connectivity index (χ2n) is 3.67. The van der Waals surface area contributed by atoms with E-state index in [1.807, 2.05) is 0 Å². The summed E-state index contributed by atoms with van der Waals surface area (Å²) in [6.07, 6.45) is 7.15. The summed E-state index contributed by atoms with van der Waals surface area (Å²) in [4.78, 5) is 11.2. The minimum Gasteiger partial charge on any atom is -0.466 e. The van der Waals surface area contributed by atoms with Crippen LogP contribution in [0.1, 0.15) is 25.7 Å². The van der Waals surface area contributed by atoms with Gasteiger partial charge in [0.2, 0.25) is 0 Å². The second-order valence-corrected chi connectivity index (χ2v) is 3.67. The molecular formula is C10H14O2. The van der Waals surface area contributed by atoms with E-state index in [-0.39, 0.29) is 5.97 Å². The fraction of sp³-hybridized carbons (Fsp3) is 0.700. The third-order valence-corrected chi connectivity index (χ3v) is 3.03. The van der Waals surface area contributed by atoms with Crippen LogP contribution in [0.15, 0.2) is 11.6 Å². The first-order chi connectivity index (χ1) is 5.83. The summed E-state index contributed by atoms with van der Waals surface area (Å²) in [5, 5.41) is 0. The van der Waals surface area contributed by atoms with Gasteiger partial charge in [0.1, 0.15) is 0 Å². The predicted molar refractivity (Wildman–Crippen MR) is 45.5 cm³/mol. The van der Waals surface area contributed by atoms with E-state index in [0.717, 1.165) is 5.57 Å².